The Balaban J connectivity index is 1.17. The van der Waals surface area contributed by atoms with Gasteiger partial charge in [-0.3, -0.25) is 19.7 Å². The van der Waals surface area contributed by atoms with E-state index in [-0.39, 0.29) is 6.03 Å². The van der Waals surface area contributed by atoms with Crippen molar-refractivity contribution in [2.24, 2.45) is 0 Å². The number of rotatable bonds is 6. The molecule has 1 aliphatic heterocycles. The van der Waals surface area contributed by atoms with E-state index in [2.05, 4.69) is 52.3 Å². The molecule has 190 valence electrons. The lowest BCUT2D eigenvalue weighted by molar-refractivity contribution is 0.253. The van der Waals surface area contributed by atoms with Crippen molar-refractivity contribution >= 4 is 34.0 Å². The Morgan fingerprint density at radius 1 is 0.811 bits per heavy atom. The van der Waals surface area contributed by atoms with Gasteiger partial charge in [0.2, 0.25) is 0 Å². The van der Waals surface area contributed by atoms with E-state index >= 15 is 0 Å². The van der Waals surface area contributed by atoms with Crippen LogP contribution in [0.15, 0.2) is 84.9 Å². The third-order valence-corrected chi connectivity index (χ3v) is 7.29. The first-order valence-corrected chi connectivity index (χ1v) is 13.0. The number of hydrogen-bond donors (Lipinski definition) is 0. The van der Waals surface area contributed by atoms with Gasteiger partial charge in [-0.1, -0.05) is 36.4 Å². The molecule has 1 aromatic heterocycles. The number of hydrogen-bond acceptors (Lipinski definition) is 4. The number of pyridine rings is 1. The number of para-hydroxylation sites is 1. The summed E-state index contributed by atoms with van der Waals surface area (Å²) in [5.41, 5.74) is 6.44. The fraction of sp³-hybridized carbons (Fsp3) is 0.290. The van der Waals surface area contributed by atoms with Crippen LogP contribution in [-0.4, -0.2) is 62.7 Å². The molecule has 0 aliphatic carbocycles. The van der Waals surface area contributed by atoms with E-state index in [1.54, 1.807) is 9.80 Å². The smallest absolute Gasteiger partial charge is 0.328 e. The summed E-state index contributed by atoms with van der Waals surface area (Å²) in [6, 6.07) is 28.7. The van der Waals surface area contributed by atoms with Gasteiger partial charge in [-0.25, -0.2) is 4.79 Å². The van der Waals surface area contributed by atoms with Gasteiger partial charge in [-0.15, -0.1) is 0 Å². The van der Waals surface area contributed by atoms with Crippen LogP contribution in [0.5, 0.6) is 0 Å². The second-order valence-corrected chi connectivity index (χ2v) is 9.78. The van der Waals surface area contributed by atoms with E-state index in [0.717, 1.165) is 61.7 Å². The first kappa shape index (κ1) is 24.8. The molecule has 6 heteroatoms. The maximum absolute atomic E-state index is 13.0. The molecule has 1 fully saturated rings. The zero-order valence-corrected chi connectivity index (χ0v) is 22.0. The highest BCUT2D eigenvalue weighted by Gasteiger charge is 2.20. The topological polar surface area (TPSA) is 42.9 Å². The number of amides is 2. The molecule has 0 saturated carbocycles. The molecule has 1 aliphatic rings. The van der Waals surface area contributed by atoms with E-state index in [1.807, 2.05) is 63.5 Å². The molecule has 1 saturated heterocycles. The average molecular weight is 494 g/mol. The van der Waals surface area contributed by atoms with Gasteiger partial charge in [-0.2, -0.15) is 0 Å². The van der Waals surface area contributed by atoms with Crippen molar-refractivity contribution in [2.75, 3.05) is 61.5 Å². The Bertz CT molecular complexity index is 1360. The van der Waals surface area contributed by atoms with E-state index in [1.165, 1.54) is 16.6 Å². The van der Waals surface area contributed by atoms with Crippen LogP contribution in [0.25, 0.3) is 10.9 Å². The highest BCUT2D eigenvalue weighted by atomic mass is 16.2. The second kappa shape index (κ2) is 11.0. The summed E-state index contributed by atoms with van der Waals surface area (Å²) in [5.74, 6) is 0. The largest absolute Gasteiger partial charge is 0.368 e. The predicted molar refractivity (Wildman–Crippen MR) is 154 cm³/mol. The van der Waals surface area contributed by atoms with Crippen molar-refractivity contribution in [2.45, 2.75) is 13.3 Å². The summed E-state index contributed by atoms with van der Waals surface area (Å²) in [5, 5.41) is 1.23. The number of carbonyl (C=O) groups is 1. The molecule has 4 aromatic rings. The van der Waals surface area contributed by atoms with Gasteiger partial charge < -0.3 is 4.90 Å². The Morgan fingerprint density at radius 3 is 2.30 bits per heavy atom. The van der Waals surface area contributed by atoms with Crippen molar-refractivity contribution in [1.82, 2.24) is 9.88 Å². The first-order valence-electron chi connectivity index (χ1n) is 13.0. The number of carbonyl (C=O) groups excluding carboxylic acids is 1. The molecule has 0 radical (unpaired) electrons. The molecule has 0 bridgehead atoms. The van der Waals surface area contributed by atoms with Crippen LogP contribution in [0.3, 0.4) is 0 Å². The van der Waals surface area contributed by atoms with Gasteiger partial charge in [0.15, 0.2) is 0 Å². The summed E-state index contributed by atoms with van der Waals surface area (Å²) in [4.78, 5) is 26.2. The minimum absolute atomic E-state index is 0.0572. The quantitative estimate of drug-likeness (QED) is 0.351. The Kier molecular flexibility index (Phi) is 7.37. The van der Waals surface area contributed by atoms with Gasteiger partial charge in [0.25, 0.3) is 0 Å². The molecule has 0 spiro atoms. The van der Waals surface area contributed by atoms with Crippen molar-refractivity contribution in [1.29, 1.82) is 0 Å². The summed E-state index contributed by atoms with van der Waals surface area (Å²) in [7, 11) is 3.65. The van der Waals surface area contributed by atoms with Gasteiger partial charge in [0.1, 0.15) is 0 Å². The summed E-state index contributed by atoms with van der Waals surface area (Å²) >= 11 is 0. The molecular weight excluding hydrogens is 458 g/mol. The van der Waals surface area contributed by atoms with Crippen molar-refractivity contribution in [3.05, 3.63) is 96.2 Å². The molecule has 37 heavy (non-hydrogen) atoms. The predicted octanol–water partition coefficient (Wildman–Crippen LogP) is 5.60. The Morgan fingerprint density at radius 2 is 1.51 bits per heavy atom. The van der Waals surface area contributed by atoms with E-state index in [0.29, 0.717) is 0 Å². The van der Waals surface area contributed by atoms with Crippen LogP contribution in [0.1, 0.15) is 11.3 Å². The lowest BCUT2D eigenvalue weighted by atomic mass is 10.1. The first-order chi connectivity index (χ1) is 18.0. The number of aryl methyl sites for hydroxylation is 1. The van der Waals surface area contributed by atoms with Crippen LogP contribution >= 0.6 is 0 Å². The number of fused-ring (bicyclic) bond motifs is 1. The minimum atomic E-state index is -0.0572. The maximum Gasteiger partial charge on any atom is 0.328 e. The van der Waals surface area contributed by atoms with E-state index in [9.17, 15) is 4.79 Å². The average Bonchev–Trinajstić information content (AvgIpc) is 2.95. The zero-order chi connectivity index (χ0) is 25.8. The van der Waals surface area contributed by atoms with Crippen molar-refractivity contribution in [3.63, 3.8) is 0 Å². The van der Waals surface area contributed by atoms with Crippen LogP contribution in [0.2, 0.25) is 0 Å². The van der Waals surface area contributed by atoms with Crippen LogP contribution in [0, 0.1) is 6.92 Å². The fourth-order valence-corrected chi connectivity index (χ4v) is 5.03. The van der Waals surface area contributed by atoms with Gasteiger partial charge in [-0.05, 0) is 67.4 Å². The highest BCUT2D eigenvalue weighted by molar-refractivity contribution is 6.02. The molecule has 5 rings (SSSR count). The van der Waals surface area contributed by atoms with Crippen LogP contribution in [-0.2, 0) is 6.42 Å². The van der Waals surface area contributed by atoms with Crippen molar-refractivity contribution in [3.8, 4) is 0 Å². The molecule has 2 amide bonds. The summed E-state index contributed by atoms with van der Waals surface area (Å²) in [6.45, 7) is 7.15. The molecule has 2 heterocycles. The number of benzene rings is 3. The Hall–Kier alpha value is -3.90. The molecule has 0 atom stereocenters. The maximum atomic E-state index is 13.0. The molecular formula is C31H35N5O. The lowest BCUT2D eigenvalue weighted by Gasteiger charge is -2.36. The fourth-order valence-electron chi connectivity index (χ4n) is 5.03. The molecule has 0 N–H and O–H groups in total. The van der Waals surface area contributed by atoms with Gasteiger partial charge in [0, 0.05) is 75.0 Å². The van der Waals surface area contributed by atoms with Crippen molar-refractivity contribution < 1.29 is 4.79 Å². The Labute approximate surface area is 219 Å². The van der Waals surface area contributed by atoms with E-state index in [4.69, 9.17) is 4.98 Å². The van der Waals surface area contributed by atoms with E-state index < -0.39 is 0 Å². The lowest BCUT2D eigenvalue weighted by Crippen LogP contribution is -2.47. The number of piperazine rings is 1. The van der Waals surface area contributed by atoms with Crippen LogP contribution in [0.4, 0.5) is 21.9 Å². The highest BCUT2D eigenvalue weighted by Crippen LogP contribution is 2.27. The number of nitrogens with zero attached hydrogens (tertiary/aromatic N) is 5. The molecule has 3 aromatic carbocycles. The number of anilines is 3. The van der Waals surface area contributed by atoms with Crippen LogP contribution < -0.4 is 14.7 Å². The standard InChI is InChI=1S/C31H35N5O/c1-24-15-16-28-29(32-24)13-8-14-30(28)36-21-19-35(20-22-36)18-17-25-9-7-12-27(23-25)34(3)31(37)33(2)26-10-5-4-6-11-26/h4-16,23H,17-22H2,1-3H3. The number of aromatic nitrogens is 1. The summed E-state index contributed by atoms with van der Waals surface area (Å²) < 4.78 is 0. The molecule has 6 nitrogen and oxygen atoms in total. The minimum Gasteiger partial charge on any atom is -0.368 e. The third kappa shape index (κ3) is 5.59. The molecule has 0 unspecified atom stereocenters. The normalized spacial score (nSPS) is 14.1. The van der Waals surface area contributed by atoms with Gasteiger partial charge in [0.05, 0.1) is 5.52 Å². The zero-order valence-electron chi connectivity index (χ0n) is 22.0. The monoisotopic (exact) mass is 493 g/mol. The third-order valence-electron chi connectivity index (χ3n) is 7.29. The van der Waals surface area contributed by atoms with Gasteiger partial charge >= 0.3 is 6.03 Å². The number of urea groups is 1. The SMILES string of the molecule is Cc1ccc2c(N3CCN(CCc4cccc(N(C)C(=O)N(C)c5ccccc5)c4)CC3)cccc2n1. The summed E-state index contributed by atoms with van der Waals surface area (Å²) in [6.07, 6.45) is 0.960. The second-order valence-electron chi connectivity index (χ2n) is 9.78.